The first-order chi connectivity index (χ1) is 16.4. The van der Waals surface area contributed by atoms with Crippen molar-refractivity contribution in [3.8, 4) is 0 Å². The second kappa shape index (κ2) is 17.2. The van der Waals surface area contributed by atoms with E-state index in [1.165, 1.54) is 0 Å². The van der Waals surface area contributed by atoms with E-state index in [0.29, 0.717) is 11.1 Å². The fraction of sp³-hybridized carbons (Fsp3) is 0.222. The summed E-state index contributed by atoms with van der Waals surface area (Å²) >= 11 is 0. The first-order valence-electron chi connectivity index (χ1n) is 11.1. The summed E-state index contributed by atoms with van der Waals surface area (Å²) < 4.78 is 0. The summed E-state index contributed by atoms with van der Waals surface area (Å²) in [6, 6.07) is 24.2. The van der Waals surface area contributed by atoms with Crippen LogP contribution in [0.3, 0.4) is 0 Å². The molecule has 0 aliphatic carbocycles. The Kier molecular flexibility index (Phi) is 15.0. The zero-order valence-electron chi connectivity index (χ0n) is 19.6. The molecule has 1 unspecified atom stereocenters. The number of anilines is 1. The molecule has 0 fully saturated rings. The second-order valence-corrected chi connectivity index (χ2v) is 7.45. The zero-order chi connectivity index (χ0) is 24.8. The van der Waals surface area contributed by atoms with Crippen molar-refractivity contribution >= 4 is 74.9 Å². The minimum atomic E-state index is -0.708. The summed E-state index contributed by atoms with van der Waals surface area (Å²) in [5.41, 5.74) is 2.60. The van der Waals surface area contributed by atoms with Gasteiger partial charge in [0, 0.05) is 5.69 Å². The molecule has 1 atom stereocenters. The van der Waals surface area contributed by atoms with Gasteiger partial charge in [-0.05, 0) is 62.7 Å². The molecule has 0 spiro atoms. The molecule has 7 nitrogen and oxygen atoms in total. The molecule has 1 amide bonds. The van der Waals surface area contributed by atoms with Gasteiger partial charge in [0.05, 0.1) is 17.2 Å². The molecule has 8 heteroatoms. The van der Waals surface area contributed by atoms with E-state index in [1.54, 1.807) is 60.7 Å². The van der Waals surface area contributed by atoms with Crippen LogP contribution in [-0.2, 0) is 14.6 Å². The molecule has 0 aromatic heterocycles. The van der Waals surface area contributed by atoms with Crippen LogP contribution in [0.4, 0.5) is 5.69 Å². The number of benzene rings is 3. The SMILES string of the molecule is CCCNC(C)C(=O)Nc1ccccc1C.O=C(OOC(=O)c1ccccc1)c1ccccc1.[KH]. The maximum absolute atomic E-state index is 11.8. The van der Waals surface area contributed by atoms with Crippen LogP contribution in [0.5, 0.6) is 0 Å². The van der Waals surface area contributed by atoms with Crippen molar-refractivity contribution < 1.29 is 24.2 Å². The van der Waals surface area contributed by atoms with Gasteiger partial charge in [-0.3, -0.25) is 4.79 Å². The predicted molar refractivity (Wildman–Crippen MR) is 138 cm³/mol. The summed E-state index contributed by atoms with van der Waals surface area (Å²) in [5, 5.41) is 6.08. The Morgan fingerprint density at radius 1 is 0.771 bits per heavy atom. The Labute approximate surface area is 248 Å². The van der Waals surface area contributed by atoms with Gasteiger partial charge in [0.2, 0.25) is 5.91 Å². The third-order valence-corrected chi connectivity index (χ3v) is 4.71. The molecule has 0 saturated carbocycles. The molecule has 0 saturated heterocycles. The van der Waals surface area contributed by atoms with Crippen molar-refractivity contribution in [3.05, 3.63) is 102 Å². The number of para-hydroxylation sites is 1. The van der Waals surface area contributed by atoms with E-state index >= 15 is 0 Å². The zero-order valence-corrected chi connectivity index (χ0v) is 19.6. The van der Waals surface area contributed by atoms with Gasteiger partial charge in [0.15, 0.2) is 0 Å². The van der Waals surface area contributed by atoms with Gasteiger partial charge in [-0.2, -0.15) is 0 Å². The van der Waals surface area contributed by atoms with E-state index < -0.39 is 11.9 Å². The van der Waals surface area contributed by atoms with Crippen LogP contribution >= 0.6 is 0 Å². The van der Waals surface area contributed by atoms with Crippen LogP contribution in [0.2, 0.25) is 0 Å². The molecule has 180 valence electrons. The molecule has 0 radical (unpaired) electrons. The molecule has 0 bridgehead atoms. The van der Waals surface area contributed by atoms with E-state index in [2.05, 4.69) is 27.3 Å². The monoisotopic (exact) mass is 502 g/mol. The molecule has 0 aliphatic heterocycles. The third-order valence-electron chi connectivity index (χ3n) is 4.71. The fourth-order valence-corrected chi connectivity index (χ4v) is 2.73. The molecule has 2 N–H and O–H groups in total. The maximum atomic E-state index is 11.8. The van der Waals surface area contributed by atoms with Crippen LogP contribution in [0.1, 0.15) is 46.5 Å². The number of hydrogen-bond acceptors (Lipinski definition) is 6. The molecule has 0 aliphatic rings. The van der Waals surface area contributed by atoms with E-state index in [-0.39, 0.29) is 63.3 Å². The number of aryl methyl sites for hydroxylation is 1. The van der Waals surface area contributed by atoms with Crippen LogP contribution in [0.15, 0.2) is 84.9 Å². The van der Waals surface area contributed by atoms with Gasteiger partial charge < -0.3 is 10.6 Å². The fourth-order valence-electron chi connectivity index (χ4n) is 2.73. The van der Waals surface area contributed by atoms with Gasteiger partial charge >= 0.3 is 63.3 Å². The van der Waals surface area contributed by atoms with Crippen molar-refractivity contribution in [3.63, 3.8) is 0 Å². The van der Waals surface area contributed by atoms with Crippen molar-refractivity contribution in [2.75, 3.05) is 11.9 Å². The number of rotatable bonds is 7. The molecular formula is C27H31KN2O5. The van der Waals surface area contributed by atoms with Crippen molar-refractivity contribution in [1.29, 1.82) is 0 Å². The Balaban J connectivity index is 0.000000343. The molecule has 3 aromatic carbocycles. The van der Waals surface area contributed by atoms with Crippen molar-refractivity contribution in [1.82, 2.24) is 5.32 Å². The minimum absolute atomic E-state index is 0. The van der Waals surface area contributed by atoms with Crippen LogP contribution < -0.4 is 10.6 Å². The summed E-state index contributed by atoms with van der Waals surface area (Å²) in [4.78, 5) is 43.7. The Morgan fingerprint density at radius 3 is 1.69 bits per heavy atom. The average molecular weight is 503 g/mol. The number of nitrogens with one attached hydrogen (secondary N) is 2. The molecule has 3 aromatic rings. The first-order valence-corrected chi connectivity index (χ1v) is 11.1. The van der Waals surface area contributed by atoms with Crippen molar-refractivity contribution in [2.24, 2.45) is 0 Å². The number of carbonyl (C=O) groups is 3. The van der Waals surface area contributed by atoms with Crippen LogP contribution in [0.25, 0.3) is 0 Å². The Hall–Kier alpha value is -2.33. The summed E-state index contributed by atoms with van der Waals surface area (Å²) in [7, 11) is 0. The van der Waals surface area contributed by atoms with E-state index in [9.17, 15) is 14.4 Å². The molecular weight excluding hydrogens is 471 g/mol. The number of amides is 1. The van der Waals surface area contributed by atoms with Gasteiger partial charge in [0.1, 0.15) is 0 Å². The van der Waals surface area contributed by atoms with E-state index in [4.69, 9.17) is 0 Å². The quantitative estimate of drug-likeness (QED) is 0.284. The predicted octanol–water partition coefficient (Wildman–Crippen LogP) is 4.29. The Bertz CT molecular complexity index is 1010. The number of carbonyl (C=O) groups excluding carboxylic acids is 3. The average Bonchev–Trinajstić information content (AvgIpc) is 2.88. The topological polar surface area (TPSA) is 93.7 Å². The molecule has 3 rings (SSSR count). The van der Waals surface area contributed by atoms with Gasteiger partial charge in [-0.15, -0.1) is 0 Å². The van der Waals surface area contributed by atoms with Gasteiger partial charge in [0.25, 0.3) is 0 Å². The number of hydrogen-bond donors (Lipinski definition) is 2. The third kappa shape index (κ3) is 11.3. The van der Waals surface area contributed by atoms with E-state index in [1.807, 2.05) is 38.1 Å². The molecule has 35 heavy (non-hydrogen) atoms. The normalized spacial score (nSPS) is 10.5. The van der Waals surface area contributed by atoms with Crippen LogP contribution in [-0.4, -0.2) is 81.8 Å². The Morgan fingerprint density at radius 2 is 1.23 bits per heavy atom. The standard InChI is InChI=1S/C14H10O4.C13H20N2O.K.H/c15-13(11-7-3-1-4-8-11)17-18-14(16)12-9-5-2-6-10-12;1-4-9-14-11(3)13(16)15-12-8-6-5-7-10(12)2;;/h1-10H;5-8,11,14H,4,9H2,1-3H3,(H,15,16);;. The van der Waals surface area contributed by atoms with Crippen molar-refractivity contribution in [2.45, 2.75) is 33.2 Å². The van der Waals surface area contributed by atoms with E-state index in [0.717, 1.165) is 24.2 Å². The van der Waals surface area contributed by atoms with Crippen LogP contribution in [0, 0.1) is 6.92 Å². The second-order valence-electron chi connectivity index (χ2n) is 7.45. The summed E-state index contributed by atoms with van der Waals surface area (Å²) in [6.45, 7) is 6.81. The van der Waals surface area contributed by atoms with Gasteiger partial charge in [-0.1, -0.05) is 61.5 Å². The van der Waals surface area contributed by atoms with Gasteiger partial charge in [-0.25, -0.2) is 19.4 Å². The molecule has 0 heterocycles. The first kappa shape index (κ1) is 30.7. The summed E-state index contributed by atoms with van der Waals surface area (Å²) in [5.74, 6) is -1.40. The summed E-state index contributed by atoms with van der Waals surface area (Å²) in [6.07, 6.45) is 1.03.